The summed E-state index contributed by atoms with van der Waals surface area (Å²) < 4.78 is 63.0. The highest BCUT2D eigenvalue weighted by molar-refractivity contribution is 7.89. The molecule has 118 valence electrons. The first-order valence-electron chi connectivity index (χ1n) is 6.55. The standard InChI is InChI=1S/C13H17F3N2O2S/c1-9(17)10-2-6-12(7-3-10)21(19,20)18(11-4-5-11)8-13(14,15)16/h2-3,6-7,9,11H,4-5,8,17H2,1H3. The third-order valence-corrected chi connectivity index (χ3v) is 5.21. The lowest BCUT2D eigenvalue weighted by molar-refractivity contribution is -0.137. The normalized spacial score (nSPS) is 18.0. The van der Waals surface area contributed by atoms with Crippen molar-refractivity contribution in [2.24, 2.45) is 5.73 Å². The lowest BCUT2D eigenvalue weighted by Gasteiger charge is -2.23. The molecule has 0 heterocycles. The fourth-order valence-electron chi connectivity index (χ4n) is 2.03. The molecule has 1 aromatic carbocycles. The van der Waals surface area contributed by atoms with Crippen molar-refractivity contribution in [3.63, 3.8) is 0 Å². The number of halogens is 3. The summed E-state index contributed by atoms with van der Waals surface area (Å²) in [6.45, 7) is 0.290. The van der Waals surface area contributed by atoms with Crippen molar-refractivity contribution < 1.29 is 21.6 Å². The molecule has 0 spiro atoms. The van der Waals surface area contributed by atoms with Gasteiger partial charge in [0, 0.05) is 12.1 Å². The van der Waals surface area contributed by atoms with Gasteiger partial charge in [-0.1, -0.05) is 12.1 Å². The Morgan fingerprint density at radius 2 is 1.81 bits per heavy atom. The molecule has 0 aliphatic heterocycles. The molecule has 0 saturated heterocycles. The Morgan fingerprint density at radius 1 is 1.29 bits per heavy atom. The molecule has 0 bridgehead atoms. The number of hydrogen-bond donors (Lipinski definition) is 1. The van der Waals surface area contributed by atoms with Crippen LogP contribution in [0.3, 0.4) is 0 Å². The van der Waals surface area contributed by atoms with Crippen molar-refractivity contribution in [2.75, 3.05) is 6.54 Å². The largest absolute Gasteiger partial charge is 0.402 e. The molecule has 1 aliphatic carbocycles. The van der Waals surface area contributed by atoms with Crippen LogP contribution >= 0.6 is 0 Å². The van der Waals surface area contributed by atoms with Gasteiger partial charge >= 0.3 is 6.18 Å². The van der Waals surface area contributed by atoms with Crippen LogP contribution in [-0.2, 0) is 10.0 Å². The van der Waals surface area contributed by atoms with Gasteiger partial charge in [0.05, 0.1) is 4.90 Å². The second kappa shape index (κ2) is 5.58. The Morgan fingerprint density at radius 3 is 2.19 bits per heavy atom. The SMILES string of the molecule is CC(N)c1ccc(S(=O)(=O)N(CC(F)(F)F)C2CC2)cc1. The van der Waals surface area contributed by atoms with E-state index in [1.54, 1.807) is 6.92 Å². The second-order valence-electron chi connectivity index (χ2n) is 5.25. The average Bonchev–Trinajstić information content (AvgIpc) is 3.19. The minimum atomic E-state index is -4.55. The Hall–Kier alpha value is -1.12. The topological polar surface area (TPSA) is 63.4 Å². The maximum absolute atomic E-state index is 12.6. The Kier molecular flexibility index (Phi) is 4.32. The Labute approximate surface area is 121 Å². The van der Waals surface area contributed by atoms with Gasteiger partial charge in [-0.3, -0.25) is 0 Å². The molecule has 0 radical (unpaired) electrons. The van der Waals surface area contributed by atoms with Gasteiger partial charge in [-0.05, 0) is 37.5 Å². The quantitative estimate of drug-likeness (QED) is 0.905. The maximum atomic E-state index is 12.6. The number of alkyl halides is 3. The molecule has 1 aliphatic rings. The number of hydrogen-bond acceptors (Lipinski definition) is 3. The summed E-state index contributed by atoms with van der Waals surface area (Å²) in [7, 11) is -4.14. The number of nitrogens with two attached hydrogens (primary N) is 1. The zero-order chi connectivity index (χ0) is 15.8. The molecule has 0 amide bonds. The van der Waals surface area contributed by atoms with Gasteiger partial charge in [0.25, 0.3) is 0 Å². The van der Waals surface area contributed by atoms with E-state index in [2.05, 4.69) is 0 Å². The first-order valence-corrected chi connectivity index (χ1v) is 7.99. The van der Waals surface area contributed by atoms with Gasteiger partial charge in [-0.2, -0.15) is 17.5 Å². The highest BCUT2D eigenvalue weighted by atomic mass is 32.2. The van der Waals surface area contributed by atoms with Crippen LogP contribution in [0.2, 0.25) is 0 Å². The third kappa shape index (κ3) is 3.96. The molecule has 1 atom stereocenters. The van der Waals surface area contributed by atoms with Crippen molar-refractivity contribution in [1.82, 2.24) is 4.31 Å². The average molecular weight is 322 g/mol. The Bertz CT molecular complexity index is 593. The fourth-order valence-corrected chi connectivity index (χ4v) is 3.70. The van der Waals surface area contributed by atoms with Crippen molar-refractivity contribution in [3.8, 4) is 0 Å². The zero-order valence-corrected chi connectivity index (χ0v) is 12.3. The first-order chi connectivity index (χ1) is 9.61. The monoisotopic (exact) mass is 322 g/mol. The molecule has 1 fully saturated rings. The van der Waals surface area contributed by atoms with Crippen LogP contribution < -0.4 is 5.73 Å². The summed E-state index contributed by atoms with van der Waals surface area (Å²) in [6, 6.07) is 4.84. The molecule has 1 saturated carbocycles. The number of sulfonamides is 1. The highest BCUT2D eigenvalue weighted by Crippen LogP contribution is 2.34. The molecular formula is C13H17F3N2O2S. The van der Waals surface area contributed by atoms with E-state index in [-0.39, 0.29) is 10.9 Å². The van der Waals surface area contributed by atoms with Crippen molar-refractivity contribution in [3.05, 3.63) is 29.8 Å². The van der Waals surface area contributed by atoms with Gasteiger partial charge in [0.15, 0.2) is 0 Å². The summed E-state index contributed by atoms with van der Waals surface area (Å²) in [6.07, 6.45) is -3.62. The summed E-state index contributed by atoms with van der Waals surface area (Å²) in [4.78, 5) is -0.136. The molecule has 2 N–H and O–H groups in total. The second-order valence-corrected chi connectivity index (χ2v) is 7.14. The summed E-state index contributed by atoms with van der Waals surface area (Å²) in [5.41, 5.74) is 6.39. The summed E-state index contributed by atoms with van der Waals surface area (Å²) in [5, 5.41) is 0. The zero-order valence-electron chi connectivity index (χ0n) is 11.5. The summed E-state index contributed by atoms with van der Waals surface area (Å²) in [5.74, 6) is 0. The molecule has 1 unspecified atom stereocenters. The van der Waals surface area contributed by atoms with E-state index >= 15 is 0 Å². The first kappa shape index (κ1) is 16.3. The van der Waals surface area contributed by atoms with E-state index < -0.39 is 28.8 Å². The summed E-state index contributed by atoms with van der Waals surface area (Å²) >= 11 is 0. The molecular weight excluding hydrogens is 305 g/mol. The van der Waals surface area contributed by atoms with Crippen molar-refractivity contribution in [2.45, 2.75) is 42.9 Å². The maximum Gasteiger partial charge on any atom is 0.402 e. The van der Waals surface area contributed by atoms with Crippen LogP contribution in [0.5, 0.6) is 0 Å². The molecule has 4 nitrogen and oxygen atoms in total. The van der Waals surface area contributed by atoms with Crippen LogP contribution in [0, 0.1) is 0 Å². The fraction of sp³-hybridized carbons (Fsp3) is 0.538. The van der Waals surface area contributed by atoms with E-state index in [4.69, 9.17) is 5.73 Å². The molecule has 8 heteroatoms. The highest BCUT2D eigenvalue weighted by Gasteiger charge is 2.44. The number of benzene rings is 1. The van der Waals surface area contributed by atoms with Crippen molar-refractivity contribution in [1.29, 1.82) is 0 Å². The third-order valence-electron chi connectivity index (χ3n) is 3.30. The van der Waals surface area contributed by atoms with Gasteiger partial charge in [0.2, 0.25) is 10.0 Å². The predicted octanol–water partition coefficient (Wildman–Crippen LogP) is 2.42. The van der Waals surface area contributed by atoms with Crippen molar-refractivity contribution >= 4 is 10.0 Å². The minimum Gasteiger partial charge on any atom is -0.324 e. The number of nitrogens with zero attached hydrogens (tertiary/aromatic N) is 1. The van der Waals surface area contributed by atoms with E-state index in [0.717, 1.165) is 5.56 Å². The lowest BCUT2D eigenvalue weighted by atomic mass is 10.1. The minimum absolute atomic E-state index is 0.136. The predicted molar refractivity (Wildman–Crippen MR) is 72.0 cm³/mol. The van der Waals surface area contributed by atoms with Crippen LogP contribution in [0.4, 0.5) is 13.2 Å². The Balaban J connectivity index is 2.30. The molecule has 1 aromatic rings. The van der Waals surface area contributed by atoms with Crippen LogP contribution in [0.1, 0.15) is 31.4 Å². The van der Waals surface area contributed by atoms with Gasteiger partial charge < -0.3 is 5.73 Å². The van der Waals surface area contributed by atoms with Crippen LogP contribution in [0.15, 0.2) is 29.2 Å². The molecule has 21 heavy (non-hydrogen) atoms. The van der Waals surface area contributed by atoms with Gasteiger partial charge in [-0.15, -0.1) is 0 Å². The van der Waals surface area contributed by atoms with Crippen LogP contribution in [0.25, 0.3) is 0 Å². The van der Waals surface area contributed by atoms with E-state index in [1.165, 1.54) is 24.3 Å². The smallest absolute Gasteiger partial charge is 0.324 e. The number of rotatable bonds is 5. The van der Waals surface area contributed by atoms with Gasteiger partial charge in [-0.25, -0.2) is 8.42 Å². The van der Waals surface area contributed by atoms with E-state index in [9.17, 15) is 21.6 Å². The molecule has 2 rings (SSSR count). The van der Waals surface area contributed by atoms with Crippen LogP contribution in [-0.4, -0.2) is 31.5 Å². The lowest BCUT2D eigenvalue weighted by Crippen LogP contribution is -2.40. The van der Waals surface area contributed by atoms with E-state index in [1.807, 2.05) is 0 Å². The van der Waals surface area contributed by atoms with E-state index in [0.29, 0.717) is 17.1 Å². The molecule has 0 aromatic heterocycles. The van der Waals surface area contributed by atoms with Gasteiger partial charge in [0.1, 0.15) is 6.54 Å².